The number of benzene rings is 1. The zero-order valence-corrected chi connectivity index (χ0v) is 8.92. The fourth-order valence-electron chi connectivity index (χ4n) is 1.06. The van der Waals surface area contributed by atoms with Crippen molar-refractivity contribution in [3.05, 3.63) is 29.8 Å². The van der Waals surface area contributed by atoms with E-state index in [0.29, 0.717) is 12.4 Å². The van der Waals surface area contributed by atoms with E-state index in [9.17, 15) is 4.79 Å². The van der Waals surface area contributed by atoms with Crippen molar-refractivity contribution in [2.45, 2.75) is 6.92 Å². The average Bonchev–Trinajstić information content (AvgIpc) is 2.29. The largest absolute Gasteiger partial charge is 0.482 e. The zero-order valence-electron chi connectivity index (χ0n) is 8.92. The summed E-state index contributed by atoms with van der Waals surface area (Å²) in [6, 6.07) is 6.77. The minimum atomic E-state index is -0.400. The van der Waals surface area contributed by atoms with Crippen molar-refractivity contribution < 1.29 is 19.5 Å². The van der Waals surface area contributed by atoms with Gasteiger partial charge in [0.2, 0.25) is 0 Å². The third-order valence-electron chi connectivity index (χ3n) is 1.75. The fraction of sp³-hybridized carbons (Fsp3) is 0.273. The molecule has 0 saturated carbocycles. The molecule has 0 saturated heterocycles. The summed E-state index contributed by atoms with van der Waals surface area (Å²) in [6.07, 6.45) is 1.30. The highest BCUT2D eigenvalue weighted by Gasteiger charge is 2.02. The number of hydrogen-bond donors (Lipinski definition) is 1. The van der Waals surface area contributed by atoms with Gasteiger partial charge in [-0.3, -0.25) is 0 Å². The van der Waals surface area contributed by atoms with Gasteiger partial charge in [0, 0.05) is 0 Å². The quantitative estimate of drug-likeness (QED) is 0.355. The number of carbonyl (C=O) groups excluding carboxylic acids is 1. The standard InChI is InChI=1S/C11H13NO4/c1-2-15-11(13)8-16-10-5-3-9(4-6-10)7-12-14/h3-7,14H,2,8H2,1H3. The molecule has 5 nitrogen and oxygen atoms in total. The zero-order chi connectivity index (χ0) is 11.8. The smallest absolute Gasteiger partial charge is 0.344 e. The highest BCUT2D eigenvalue weighted by molar-refractivity contribution is 5.79. The van der Waals surface area contributed by atoms with Gasteiger partial charge in [0.1, 0.15) is 5.75 Å². The number of oxime groups is 1. The first-order chi connectivity index (χ1) is 7.76. The maximum atomic E-state index is 11.0. The molecular formula is C11H13NO4. The second-order valence-electron chi connectivity index (χ2n) is 2.91. The van der Waals surface area contributed by atoms with Crippen LogP contribution in [0.3, 0.4) is 0 Å². The van der Waals surface area contributed by atoms with Gasteiger partial charge in [0.25, 0.3) is 0 Å². The summed E-state index contributed by atoms with van der Waals surface area (Å²) in [5.74, 6) is 0.159. The van der Waals surface area contributed by atoms with Gasteiger partial charge < -0.3 is 14.7 Å². The van der Waals surface area contributed by atoms with E-state index in [2.05, 4.69) is 5.16 Å². The molecule has 0 heterocycles. The molecule has 5 heteroatoms. The number of nitrogens with zero attached hydrogens (tertiary/aromatic N) is 1. The molecule has 1 rings (SSSR count). The first-order valence-electron chi connectivity index (χ1n) is 4.82. The summed E-state index contributed by atoms with van der Waals surface area (Å²) in [4.78, 5) is 11.0. The molecule has 0 aliphatic rings. The maximum absolute atomic E-state index is 11.0. The Labute approximate surface area is 93.3 Å². The minimum absolute atomic E-state index is 0.110. The van der Waals surface area contributed by atoms with E-state index in [0.717, 1.165) is 5.56 Å². The van der Waals surface area contributed by atoms with Crippen LogP contribution in [0.15, 0.2) is 29.4 Å². The molecule has 0 atom stereocenters. The van der Waals surface area contributed by atoms with Gasteiger partial charge in [-0.2, -0.15) is 0 Å². The molecule has 16 heavy (non-hydrogen) atoms. The molecule has 0 aliphatic heterocycles. The fourth-order valence-corrected chi connectivity index (χ4v) is 1.06. The molecule has 0 spiro atoms. The lowest BCUT2D eigenvalue weighted by atomic mass is 10.2. The van der Waals surface area contributed by atoms with Gasteiger partial charge in [-0.25, -0.2) is 4.79 Å². The van der Waals surface area contributed by atoms with E-state index in [1.54, 1.807) is 31.2 Å². The highest BCUT2D eigenvalue weighted by Crippen LogP contribution is 2.10. The molecule has 1 aromatic rings. The van der Waals surface area contributed by atoms with Gasteiger partial charge in [-0.1, -0.05) is 5.16 Å². The molecule has 0 unspecified atom stereocenters. The summed E-state index contributed by atoms with van der Waals surface area (Å²) >= 11 is 0. The van der Waals surface area contributed by atoms with Crippen molar-refractivity contribution in [1.82, 2.24) is 0 Å². The third kappa shape index (κ3) is 4.00. The van der Waals surface area contributed by atoms with E-state index in [-0.39, 0.29) is 6.61 Å². The maximum Gasteiger partial charge on any atom is 0.344 e. The summed E-state index contributed by atoms with van der Waals surface area (Å²) < 4.78 is 9.88. The molecule has 0 fully saturated rings. The van der Waals surface area contributed by atoms with E-state index in [1.165, 1.54) is 6.21 Å². The first kappa shape index (κ1) is 12.0. The summed E-state index contributed by atoms with van der Waals surface area (Å²) in [6.45, 7) is 1.97. The molecule has 1 N–H and O–H groups in total. The van der Waals surface area contributed by atoms with Crippen LogP contribution in [0.1, 0.15) is 12.5 Å². The lowest BCUT2D eigenvalue weighted by Crippen LogP contribution is -2.14. The van der Waals surface area contributed by atoms with Crippen LogP contribution >= 0.6 is 0 Å². The van der Waals surface area contributed by atoms with E-state index in [1.807, 2.05) is 0 Å². The van der Waals surface area contributed by atoms with E-state index >= 15 is 0 Å². The van der Waals surface area contributed by atoms with Crippen molar-refractivity contribution >= 4 is 12.2 Å². The third-order valence-corrected chi connectivity index (χ3v) is 1.75. The van der Waals surface area contributed by atoms with Gasteiger partial charge >= 0.3 is 5.97 Å². The number of hydrogen-bond acceptors (Lipinski definition) is 5. The first-order valence-corrected chi connectivity index (χ1v) is 4.82. The molecular weight excluding hydrogens is 210 g/mol. The van der Waals surface area contributed by atoms with Crippen LogP contribution in [0.25, 0.3) is 0 Å². The number of carbonyl (C=O) groups is 1. The predicted octanol–water partition coefficient (Wildman–Crippen LogP) is 1.44. The SMILES string of the molecule is CCOC(=O)COc1ccc(C=NO)cc1. The second kappa shape index (κ2) is 6.44. The lowest BCUT2D eigenvalue weighted by molar-refractivity contribution is -0.145. The number of esters is 1. The molecule has 0 amide bonds. The van der Waals surface area contributed by atoms with Gasteiger partial charge in [0.05, 0.1) is 12.8 Å². The molecule has 0 bridgehead atoms. The summed E-state index contributed by atoms with van der Waals surface area (Å²) in [7, 11) is 0. The Morgan fingerprint density at radius 2 is 2.12 bits per heavy atom. The van der Waals surface area contributed by atoms with E-state index in [4.69, 9.17) is 14.7 Å². The molecule has 0 aliphatic carbocycles. The average molecular weight is 223 g/mol. The molecule has 0 radical (unpaired) electrons. The van der Waals surface area contributed by atoms with Crippen molar-refractivity contribution in [3.63, 3.8) is 0 Å². The Morgan fingerprint density at radius 3 is 2.69 bits per heavy atom. The van der Waals surface area contributed by atoms with Crippen LogP contribution in [0.5, 0.6) is 5.75 Å². The minimum Gasteiger partial charge on any atom is -0.482 e. The van der Waals surface area contributed by atoms with Crippen LogP contribution in [0, 0.1) is 0 Å². The highest BCUT2D eigenvalue weighted by atomic mass is 16.6. The molecule has 86 valence electrons. The normalized spacial score (nSPS) is 10.3. The second-order valence-corrected chi connectivity index (χ2v) is 2.91. The van der Waals surface area contributed by atoms with Gasteiger partial charge in [0.15, 0.2) is 6.61 Å². The lowest BCUT2D eigenvalue weighted by Gasteiger charge is -2.05. The summed E-state index contributed by atoms with van der Waals surface area (Å²) in [5, 5.41) is 11.2. The summed E-state index contributed by atoms with van der Waals surface area (Å²) in [5.41, 5.74) is 0.742. The Bertz CT molecular complexity index is 359. The van der Waals surface area contributed by atoms with E-state index < -0.39 is 5.97 Å². The topological polar surface area (TPSA) is 68.1 Å². The Balaban J connectivity index is 2.46. The monoisotopic (exact) mass is 223 g/mol. The van der Waals surface area contributed by atoms with Crippen LogP contribution in [0.4, 0.5) is 0 Å². The van der Waals surface area contributed by atoms with Gasteiger partial charge in [-0.15, -0.1) is 0 Å². The molecule has 1 aromatic carbocycles. The van der Waals surface area contributed by atoms with Crippen molar-refractivity contribution in [3.8, 4) is 5.75 Å². The number of ether oxygens (including phenoxy) is 2. The van der Waals surface area contributed by atoms with Crippen LogP contribution < -0.4 is 4.74 Å². The Morgan fingerprint density at radius 1 is 1.44 bits per heavy atom. The van der Waals surface area contributed by atoms with Crippen LogP contribution in [0.2, 0.25) is 0 Å². The van der Waals surface area contributed by atoms with Crippen LogP contribution in [-0.4, -0.2) is 30.6 Å². The Kier molecular flexibility index (Phi) is 4.85. The van der Waals surface area contributed by atoms with Crippen molar-refractivity contribution in [1.29, 1.82) is 0 Å². The molecule has 0 aromatic heterocycles. The Hall–Kier alpha value is -2.04. The van der Waals surface area contributed by atoms with Crippen molar-refractivity contribution in [2.24, 2.45) is 5.16 Å². The van der Waals surface area contributed by atoms with Gasteiger partial charge in [-0.05, 0) is 36.8 Å². The van der Waals surface area contributed by atoms with Crippen LogP contribution in [-0.2, 0) is 9.53 Å². The van der Waals surface area contributed by atoms with Crippen molar-refractivity contribution in [2.75, 3.05) is 13.2 Å². The predicted molar refractivity (Wildman–Crippen MR) is 58.0 cm³/mol. The number of rotatable bonds is 5.